The van der Waals surface area contributed by atoms with Crippen molar-refractivity contribution in [1.29, 1.82) is 0 Å². The maximum atomic E-state index is 5.75. The van der Waals surface area contributed by atoms with E-state index in [1.54, 1.807) is 0 Å². The van der Waals surface area contributed by atoms with Gasteiger partial charge in [-0.2, -0.15) is 0 Å². The first-order valence-electron chi connectivity index (χ1n) is 6.31. The van der Waals surface area contributed by atoms with Crippen LogP contribution >= 0.6 is 0 Å². The van der Waals surface area contributed by atoms with Gasteiger partial charge in [0.1, 0.15) is 0 Å². The van der Waals surface area contributed by atoms with Crippen molar-refractivity contribution in [2.45, 2.75) is 39.7 Å². The minimum atomic E-state index is 0.333. The van der Waals surface area contributed by atoms with Crippen LogP contribution in [0, 0.1) is 6.92 Å². The van der Waals surface area contributed by atoms with Crippen molar-refractivity contribution in [3.8, 4) is 0 Å². The van der Waals surface area contributed by atoms with E-state index in [1.165, 1.54) is 5.56 Å². The fraction of sp³-hybridized carbons (Fsp3) is 0.571. The van der Waals surface area contributed by atoms with Crippen LogP contribution in [0.1, 0.15) is 32.3 Å². The number of nitrogens with one attached hydrogen (secondary N) is 1. The molecule has 0 saturated carbocycles. The van der Waals surface area contributed by atoms with Crippen molar-refractivity contribution in [3.63, 3.8) is 0 Å². The summed E-state index contributed by atoms with van der Waals surface area (Å²) in [6.45, 7) is 8.02. The third kappa shape index (κ3) is 5.59. The van der Waals surface area contributed by atoms with Gasteiger partial charge in [-0.25, -0.2) is 0 Å². The molecular formula is C14H24N2O. The van der Waals surface area contributed by atoms with Crippen LogP contribution in [0.25, 0.3) is 0 Å². The molecule has 0 aliphatic heterocycles. The molecule has 0 amide bonds. The second-order valence-electron chi connectivity index (χ2n) is 4.63. The molecule has 0 unspecified atom stereocenters. The van der Waals surface area contributed by atoms with Crippen LogP contribution in [0.15, 0.2) is 18.2 Å². The van der Waals surface area contributed by atoms with Gasteiger partial charge in [0, 0.05) is 24.5 Å². The van der Waals surface area contributed by atoms with E-state index in [1.807, 2.05) is 18.2 Å². The van der Waals surface area contributed by atoms with Gasteiger partial charge in [-0.1, -0.05) is 6.07 Å². The summed E-state index contributed by atoms with van der Waals surface area (Å²) in [6, 6.07) is 5.95. The zero-order valence-corrected chi connectivity index (χ0v) is 11.1. The molecule has 0 radical (unpaired) electrons. The summed E-state index contributed by atoms with van der Waals surface area (Å²) < 4.78 is 5.49. The van der Waals surface area contributed by atoms with Crippen molar-refractivity contribution >= 4 is 11.4 Å². The molecule has 0 aromatic heterocycles. The standard InChI is InChI=1S/C14H24N2O/c1-11(2)17-9-5-4-8-16-14-10-13(15)7-6-12(14)3/h6-7,10-11,16H,4-5,8-9,15H2,1-3H3. The number of benzene rings is 1. The molecule has 0 aliphatic rings. The number of hydrogen-bond acceptors (Lipinski definition) is 3. The van der Waals surface area contributed by atoms with E-state index in [-0.39, 0.29) is 0 Å². The second kappa shape index (κ2) is 7.17. The first-order valence-corrected chi connectivity index (χ1v) is 6.31. The largest absolute Gasteiger partial charge is 0.399 e. The lowest BCUT2D eigenvalue weighted by molar-refractivity contribution is 0.0765. The Hall–Kier alpha value is -1.22. The van der Waals surface area contributed by atoms with Gasteiger partial charge in [0.15, 0.2) is 0 Å². The second-order valence-corrected chi connectivity index (χ2v) is 4.63. The molecule has 0 heterocycles. The minimum absolute atomic E-state index is 0.333. The third-order valence-electron chi connectivity index (χ3n) is 2.60. The molecule has 96 valence electrons. The lowest BCUT2D eigenvalue weighted by Crippen LogP contribution is -2.07. The average Bonchev–Trinajstić information content (AvgIpc) is 2.27. The zero-order chi connectivity index (χ0) is 12.7. The Balaban J connectivity index is 2.20. The number of aryl methyl sites for hydroxylation is 1. The molecule has 0 aliphatic carbocycles. The summed E-state index contributed by atoms with van der Waals surface area (Å²) in [4.78, 5) is 0. The van der Waals surface area contributed by atoms with E-state index in [0.717, 1.165) is 37.4 Å². The van der Waals surface area contributed by atoms with E-state index in [4.69, 9.17) is 10.5 Å². The molecule has 1 aromatic carbocycles. The summed E-state index contributed by atoms with van der Waals surface area (Å²) >= 11 is 0. The summed E-state index contributed by atoms with van der Waals surface area (Å²) in [7, 11) is 0. The van der Waals surface area contributed by atoms with Gasteiger partial charge in [-0.15, -0.1) is 0 Å². The van der Waals surface area contributed by atoms with Gasteiger partial charge in [0.25, 0.3) is 0 Å². The quantitative estimate of drug-likeness (QED) is 0.564. The number of nitrogens with two attached hydrogens (primary N) is 1. The Morgan fingerprint density at radius 2 is 2.06 bits per heavy atom. The molecule has 0 bridgehead atoms. The number of rotatable bonds is 7. The smallest absolute Gasteiger partial charge is 0.0518 e. The SMILES string of the molecule is Cc1ccc(N)cc1NCCCCOC(C)C. The summed E-state index contributed by atoms with van der Waals surface area (Å²) in [6.07, 6.45) is 2.53. The van der Waals surface area contributed by atoms with Crippen LogP contribution in [0.5, 0.6) is 0 Å². The molecule has 0 spiro atoms. The summed E-state index contributed by atoms with van der Waals surface area (Å²) in [5.41, 5.74) is 8.93. The van der Waals surface area contributed by atoms with Gasteiger partial charge in [-0.05, 0) is 51.3 Å². The zero-order valence-electron chi connectivity index (χ0n) is 11.1. The predicted octanol–water partition coefficient (Wildman–Crippen LogP) is 3.19. The summed E-state index contributed by atoms with van der Waals surface area (Å²) in [5.74, 6) is 0. The lowest BCUT2D eigenvalue weighted by Gasteiger charge is -2.11. The Morgan fingerprint density at radius 1 is 1.29 bits per heavy atom. The van der Waals surface area contributed by atoms with Gasteiger partial charge >= 0.3 is 0 Å². The lowest BCUT2D eigenvalue weighted by atomic mass is 10.2. The van der Waals surface area contributed by atoms with Crippen molar-refractivity contribution in [2.75, 3.05) is 24.2 Å². The molecule has 0 saturated heterocycles. The highest BCUT2D eigenvalue weighted by molar-refractivity contribution is 5.59. The van der Waals surface area contributed by atoms with Crippen LogP contribution in [-0.4, -0.2) is 19.3 Å². The predicted molar refractivity (Wildman–Crippen MR) is 74.4 cm³/mol. The van der Waals surface area contributed by atoms with Crippen molar-refractivity contribution < 1.29 is 4.74 Å². The third-order valence-corrected chi connectivity index (χ3v) is 2.60. The normalized spacial score (nSPS) is 10.8. The highest BCUT2D eigenvalue weighted by atomic mass is 16.5. The molecule has 3 nitrogen and oxygen atoms in total. The molecule has 0 fully saturated rings. The molecule has 17 heavy (non-hydrogen) atoms. The van der Waals surface area contributed by atoms with Crippen LogP contribution < -0.4 is 11.1 Å². The van der Waals surface area contributed by atoms with Gasteiger partial charge < -0.3 is 15.8 Å². The fourth-order valence-electron chi connectivity index (χ4n) is 1.60. The van der Waals surface area contributed by atoms with Crippen molar-refractivity contribution in [3.05, 3.63) is 23.8 Å². The van der Waals surface area contributed by atoms with Gasteiger partial charge in [-0.3, -0.25) is 0 Å². The Morgan fingerprint density at radius 3 is 2.76 bits per heavy atom. The van der Waals surface area contributed by atoms with Crippen LogP contribution in [0.4, 0.5) is 11.4 Å². The maximum Gasteiger partial charge on any atom is 0.0518 e. The maximum absolute atomic E-state index is 5.75. The van der Waals surface area contributed by atoms with Gasteiger partial charge in [0.05, 0.1) is 6.10 Å². The van der Waals surface area contributed by atoms with E-state index in [0.29, 0.717) is 6.10 Å². The Kier molecular flexibility index (Phi) is 5.84. The molecular weight excluding hydrogens is 212 g/mol. The van der Waals surface area contributed by atoms with E-state index in [2.05, 4.69) is 26.1 Å². The van der Waals surface area contributed by atoms with Crippen LogP contribution in [-0.2, 0) is 4.74 Å². The highest BCUT2D eigenvalue weighted by Crippen LogP contribution is 2.17. The Labute approximate surface area is 104 Å². The molecule has 3 N–H and O–H groups in total. The van der Waals surface area contributed by atoms with Crippen LogP contribution in [0.3, 0.4) is 0 Å². The average molecular weight is 236 g/mol. The van der Waals surface area contributed by atoms with Crippen molar-refractivity contribution in [2.24, 2.45) is 0 Å². The number of ether oxygens (including phenoxy) is 1. The van der Waals surface area contributed by atoms with E-state index < -0.39 is 0 Å². The first kappa shape index (κ1) is 13.8. The fourth-order valence-corrected chi connectivity index (χ4v) is 1.60. The number of nitrogen functional groups attached to an aromatic ring is 1. The number of unbranched alkanes of at least 4 members (excludes halogenated alkanes) is 1. The first-order chi connectivity index (χ1) is 8.09. The van der Waals surface area contributed by atoms with E-state index >= 15 is 0 Å². The minimum Gasteiger partial charge on any atom is -0.399 e. The Bertz CT molecular complexity index is 337. The topological polar surface area (TPSA) is 47.3 Å². The molecule has 3 heteroatoms. The molecule has 0 atom stereocenters. The highest BCUT2D eigenvalue weighted by Gasteiger charge is 1.98. The van der Waals surface area contributed by atoms with Crippen molar-refractivity contribution in [1.82, 2.24) is 0 Å². The molecule has 1 aromatic rings. The van der Waals surface area contributed by atoms with Gasteiger partial charge in [0.2, 0.25) is 0 Å². The number of anilines is 2. The number of hydrogen-bond donors (Lipinski definition) is 2. The van der Waals surface area contributed by atoms with E-state index in [9.17, 15) is 0 Å². The monoisotopic (exact) mass is 236 g/mol. The summed E-state index contributed by atoms with van der Waals surface area (Å²) in [5, 5.41) is 3.41. The van der Waals surface area contributed by atoms with Crippen LogP contribution in [0.2, 0.25) is 0 Å². The molecule has 1 rings (SSSR count).